The molecule has 0 spiro atoms. The smallest absolute Gasteiger partial charge is 0.309 e. The molecule has 1 aromatic rings. The van der Waals surface area contributed by atoms with E-state index in [0.29, 0.717) is 5.56 Å². The summed E-state index contributed by atoms with van der Waals surface area (Å²) in [4.78, 5) is 11.0. The van der Waals surface area contributed by atoms with E-state index in [1.807, 2.05) is 0 Å². The molecule has 0 fully saturated rings. The Kier molecular flexibility index (Phi) is 3.41. The molecule has 0 saturated heterocycles. The van der Waals surface area contributed by atoms with E-state index in [2.05, 4.69) is 0 Å². The number of phenols is 1. The summed E-state index contributed by atoms with van der Waals surface area (Å²) in [7, 11) is -4.77. The van der Waals surface area contributed by atoms with Crippen LogP contribution in [0.1, 0.15) is 5.56 Å². The first-order valence-electron chi connectivity index (χ1n) is 4.09. The van der Waals surface area contributed by atoms with Crippen LogP contribution in [0.15, 0.2) is 24.3 Å². The number of ketones is 1. The molecule has 0 amide bonds. The zero-order chi connectivity index (χ0) is 11.5. The molecule has 0 heterocycles. The van der Waals surface area contributed by atoms with Crippen molar-refractivity contribution >= 4 is 16.0 Å². The molecule has 0 atom stereocenters. The van der Waals surface area contributed by atoms with E-state index in [1.54, 1.807) is 6.07 Å². The van der Waals surface area contributed by atoms with E-state index in [9.17, 15) is 17.1 Å². The molecular formula is C9H9FO4S. The molecule has 0 saturated carbocycles. The molecule has 0 bridgehead atoms. The second kappa shape index (κ2) is 4.39. The van der Waals surface area contributed by atoms with Crippen molar-refractivity contribution in [2.75, 3.05) is 5.75 Å². The molecule has 82 valence electrons. The highest BCUT2D eigenvalue weighted by Gasteiger charge is 2.15. The van der Waals surface area contributed by atoms with Gasteiger partial charge in [0.15, 0.2) is 5.78 Å². The van der Waals surface area contributed by atoms with Gasteiger partial charge in [-0.1, -0.05) is 12.1 Å². The number of phenolic OH excluding ortho intramolecular Hbond substituents is 1. The number of rotatable bonds is 4. The van der Waals surface area contributed by atoms with Crippen LogP contribution in [0.3, 0.4) is 0 Å². The summed E-state index contributed by atoms with van der Waals surface area (Å²) in [6, 6.07) is 5.80. The van der Waals surface area contributed by atoms with Gasteiger partial charge >= 0.3 is 10.2 Å². The second-order valence-corrected chi connectivity index (χ2v) is 4.43. The third-order valence-corrected chi connectivity index (χ3v) is 2.31. The van der Waals surface area contributed by atoms with Gasteiger partial charge in [0.25, 0.3) is 0 Å². The van der Waals surface area contributed by atoms with Gasteiger partial charge in [-0.2, -0.15) is 8.42 Å². The van der Waals surface area contributed by atoms with Crippen molar-refractivity contribution < 1.29 is 22.2 Å². The zero-order valence-electron chi connectivity index (χ0n) is 7.68. The van der Waals surface area contributed by atoms with Crippen LogP contribution in [0.5, 0.6) is 5.75 Å². The Hall–Kier alpha value is -1.43. The summed E-state index contributed by atoms with van der Waals surface area (Å²) in [6.45, 7) is 0. The molecule has 15 heavy (non-hydrogen) atoms. The maximum Gasteiger partial charge on any atom is 0.309 e. The van der Waals surface area contributed by atoms with Gasteiger partial charge in [-0.25, -0.2) is 0 Å². The third-order valence-electron chi connectivity index (χ3n) is 1.65. The van der Waals surface area contributed by atoms with E-state index in [-0.39, 0.29) is 12.2 Å². The highest BCUT2D eigenvalue weighted by molar-refractivity contribution is 7.87. The van der Waals surface area contributed by atoms with Crippen LogP contribution in [0, 0.1) is 0 Å². The van der Waals surface area contributed by atoms with Crippen LogP contribution in [-0.4, -0.2) is 25.1 Å². The molecule has 1 aromatic carbocycles. The summed E-state index contributed by atoms with van der Waals surface area (Å²) in [5.74, 6) is -1.89. The number of carbonyl (C=O) groups excluding carboxylic acids is 1. The molecule has 0 aliphatic rings. The number of Topliss-reactive ketones (excluding diaryl/α,β-unsaturated/α-hetero) is 1. The molecule has 1 N–H and O–H groups in total. The van der Waals surface area contributed by atoms with Crippen molar-refractivity contribution in [2.24, 2.45) is 0 Å². The van der Waals surface area contributed by atoms with E-state index in [0.717, 1.165) is 0 Å². The van der Waals surface area contributed by atoms with Crippen molar-refractivity contribution in [1.82, 2.24) is 0 Å². The molecule has 1 rings (SSSR count). The van der Waals surface area contributed by atoms with Crippen molar-refractivity contribution in [3.63, 3.8) is 0 Å². The lowest BCUT2D eigenvalue weighted by atomic mass is 10.1. The van der Waals surface area contributed by atoms with Crippen molar-refractivity contribution in [2.45, 2.75) is 6.42 Å². The average molecular weight is 232 g/mol. The van der Waals surface area contributed by atoms with Gasteiger partial charge in [-0.3, -0.25) is 4.79 Å². The third kappa shape index (κ3) is 4.55. The molecule has 6 heteroatoms. The minimum Gasteiger partial charge on any atom is -0.508 e. The van der Waals surface area contributed by atoms with Gasteiger partial charge in [0.2, 0.25) is 0 Å². The topological polar surface area (TPSA) is 71.4 Å². The fraction of sp³-hybridized carbons (Fsp3) is 0.222. The maximum atomic E-state index is 12.1. The number of halogens is 1. The van der Waals surface area contributed by atoms with Crippen LogP contribution in [0.4, 0.5) is 3.89 Å². The van der Waals surface area contributed by atoms with Crippen LogP contribution >= 0.6 is 0 Å². The highest BCUT2D eigenvalue weighted by Crippen LogP contribution is 2.11. The first-order chi connectivity index (χ1) is 6.87. The number of hydrogen-bond donors (Lipinski definition) is 1. The van der Waals surface area contributed by atoms with Gasteiger partial charge in [-0.15, -0.1) is 3.89 Å². The highest BCUT2D eigenvalue weighted by atomic mass is 32.3. The fourth-order valence-electron chi connectivity index (χ4n) is 1.14. The number of benzene rings is 1. The first kappa shape index (κ1) is 11.6. The lowest BCUT2D eigenvalue weighted by molar-refractivity contribution is -0.116. The SMILES string of the molecule is O=C(Cc1cccc(O)c1)CS(=O)(=O)F. The van der Waals surface area contributed by atoms with E-state index in [4.69, 9.17) is 5.11 Å². The van der Waals surface area contributed by atoms with Gasteiger partial charge in [0.05, 0.1) is 0 Å². The Morgan fingerprint density at radius 3 is 2.60 bits per heavy atom. The van der Waals surface area contributed by atoms with Gasteiger partial charge in [0.1, 0.15) is 11.5 Å². The lowest BCUT2D eigenvalue weighted by Gasteiger charge is -1.99. The quantitative estimate of drug-likeness (QED) is 0.779. The van der Waals surface area contributed by atoms with Gasteiger partial charge in [0, 0.05) is 6.42 Å². The second-order valence-electron chi connectivity index (χ2n) is 3.07. The normalized spacial score (nSPS) is 11.3. The zero-order valence-corrected chi connectivity index (χ0v) is 8.50. The summed E-state index contributed by atoms with van der Waals surface area (Å²) < 4.78 is 32.4. The molecule has 0 radical (unpaired) electrons. The Balaban J connectivity index is 2.67. The molecular weight excluding hydrogens is 223 g/mol. The van der Waals surface area contributed by atoms with E-state index < -0.39 is 21.8 Å². The molecule has 0 aliphatic carbocycles. The number of carbonyl (C=O) groups is 1. The lowest BCUT2D eigenvalue weighted by Crippen LogP contribution is -2.14. The van der Waals surface area contributed by atoms with E-state index in [1.165, 1.54) is 18.2 Å². The summed E-state index contributed by atoms with van der Waals surface area (Å²) in [5, 5.41) is 9.05. The monoisotopic (exact) mass is 232 g/mol. The molecule has 0 aliphatic heterocycles. The van der Waals surface area contributed by atoms with Crippen LogP contribution in [0.2, 0.25) is 0 Å². The Labute approximate surface area is 86.6 Å². The minimum atomic E-state index is -4.77. The van der Waals surface area contributed by atoms with Crippen LogP contribution in [-0.2, 0) is 21.4 Å². The summed E-state index contributed by atoms with van der Waals surface area (Å²) >= 11 is 0. The van der Waals surface area contributed by atoms with Gasteiger partial charge < -0.3 is 5.11 Å². The summed E-state index contributed by atoms with van der Waals surface area (Å²) in [6.07, 6.45) is -0.211. The summed E-state index contributed by atoms with van der Waals surface area (Å²) in [5.41, 5.74) is 0.448. The predicted octanol–water partition coefficient (Wildman–Crippen LogP) is 0.803. The Morgan fingerprint density at radius 2 is 2.07 bits per heavy atom. The standard InChI is InChI=1S/C9H9FO4S/c10-15(13,14)6-9(12)5-7-2-1-3-8(11)4-7/h1-4,11H,5-6H2. The predicted molar refractivity (Wildman–Crippen MR) is 51.7 cm³/mol. The average Bonchev–Trinajstić information content (AvgIpc) is 1.99. The van der Waals surface area contributed by atoms with Crippen molar-refractivity contribution in [3.05, 3.63) is 29.8 Å². The molecule has 0 unspecified atom stereocenters. The number of aromatic hydroxyl groups is 1. The maximum absolute atomic E-state index is 12.1. The van der Waals surface area contributed by atoms with Crippen molar-refractivity contribution in [1.29, 1.82) is 0 Å². The largest absolute Gasteiger partial charge is 0.508 e. The fourth-order valence-corrected chi connectivity index (χ4v) is 1.62. The Bertz CT molecular complexity index is 467. The first-order valence-corrected chi connectivity index (χ1v) is 5.64. The van der Waals surface area contributed by atoms with Crippen molar-refractivity contribution in [3.8, 4) is 5.75 Å². The molecule has 4 nitrogen and oxygen atoms in total. The minimum absolute atomic E-state index is 0.0246. The van der Waals surface area contributed by atoms with Gasteiger partial charge in [-0.05, 0) is 17.7 Å². The van der Waals surface area contributed by atoms with Crippen LogP contribution < -0.4 is 0 Å². The van der Waals surface area contributed by atoms with E-state index >= 15 is 0 Å². The Morgan fingerprint density at radius 1 is 1.40 bits per heavy atom. The molecule has 0 aromatic heterocycles. The number of hydrogen-bond acceptors (Lipinski definition) is 4. The van der Waals surface area contributed by atoms with Crippen LogP contribution in [0.25, 0.3) is 0 Å².